The number of aryl methyl sites for hydroxylation is 1. The summed E-state index contributed by atoms with van der Waals surface area (Å²) < 4.78 is 18.1. The molecule has 3 heterocycles. The molecule has 8 nitrogen and oxygen atoms in total. The van der Waals surface area contributed by atoms with Crippen molar-refractivity contribution in [3.05, 3.63) is 35.2 Å². The smallest absolute Gasteiger partial charge is 0.252 e. The first kappa shape index (κ1) is 16.7. The summed E-state index contributed by atoms with van der Waals surface area (Å²) in [5.74, 6) is 2.09. The second-order valence-corrected chi connectivity index (χ2v) is 6.61. The first-order chi connectivity index (χ1) is 12.7. The van der Waals surface area contributed by atoms with Crippen molar-refractivity contribution in [3.63, 3.8) is 0 Å². The van der Waals surface area contributed by atoms with E-state index >= 15 is 0 Å². The summed E-state index contributed by atoms with van der Waals surface area (Å²) in [6.45, 7) is 2.58. The first-order valence-electron chi connectivity index (χ1n) is 8.67. The fourth-order valence-electron chi connectivity index (χ4n) is 3.59. The Kier molecular flexibility index (Phi) is 4.42. The van der Waals surface area contributed by atoms with E-state index in [4.69, 9.17) is 19.9 Å². The van der Waals surface area contributed by atoms with Crippen LogP contribution in [0.25, 0.3) is 0 Å². The molecule has 4 rings (SSSR count). The summed E-state index contributed by atoms with van der Waals surface area (Å²) in [5, 5.41) is 7.74. The van der Waals surface area contributed by atoms with Crippen molar-refractivity contribution < 1.29 is 19.0 Å². The standard InChI is InChI=1S/C18H22N4O4/c1-24-15-5-12(6-16-17(15)26-10-25-16)8-20-7-11-2-3-22-14(4-11)13(9-21-22)18(19)23/h5-6,9,11,20H,2-4,7-8,10H2,1H3,(H2,19,23)/t11-/m0/s1. The summed E-state index contributed by atoms with van der Waals surface area (Å²) in [4.78, 5) is 11.5. The van der Waals surface area contributed by atoms with Gasteiger partial charge in [0.05, 0.1) is 24.6 Å². The molecule has 0 spiro atoms. The predicted octanol–water partition coefficient (Wildman–Crippen LogP) is 1.07. The summed E-state index contributed by atoms with van der Waals surface area (Å²) in [6, 6.07) is 3.93. The molecule has 2 aromatic rings. The number of hydrogen-bond acceptors (Lipinski definition) is 6. The third kappa shape index (κ3) is 3.08. The topological polar surface area (TPSA) is 101 Å². The van der Waals surface area contributed by atoms with Crippen molar-refractivity contribution >= 4 is 5.91 Å². The van der Waals surface area contributed by atoms with E-state index in [1.54, 1.807) is 13.3 Å². The van der Waals surface area contributed by atoms with E-state index in [2.05, 4.69) is 10.4 Å². The number of amides is 1. The van der Waals surface area contributed by atoms with Crippen LogP contribution in [0.3, 0.4) is 0 Å². The lowest BCUT2D eigenvalue weighted by Crippen LogP contribution is -2.30. The van der Waals surface area contributed by atoms with Gasteiger partial charge in [-0.05, 0) is 43.0 Å². The minimum Gasteiger partial charge on any atom is -0.493 e. The van der Waals surface area contributed by atoms with Gasteiger partial charge in [0.1, 0.15) is 0 Å². The fourth-order valence-corrected chi connectivity index (χ4v) is 3.59. The number of nitrogens with two attached hydrogens (primary N) is 1. The molecular weight excluding hydrogens is 336 g/mol. The minimum absolute atomic E-state index is 0.223. The molecule has 1 amide bonds. The van der Waals surface area contributed by atoms with E-state index in [0.29, 0.717) is 35.3 Å². The van der Waals surface area contributed by atoms with Crippen LogP contribution in [0.2, 0.25) is 0 Å². The number of hydrogen-bond donors (Lipinski definition) is 2. The van der Waals surface area contributed by atoms with Gasteiger partial charge in [0.25, 0.3) is 5.91 Å². The molecule has 1 atom stereocenters. The number of methoxy groups -OCH3 is 1. The third-order valence-electron chi connectivity index (χ3n) is 4.93. The molecule has 138 valence electrons. The van der Waals surface area contributed by atoms with Crippen molar-refractivity contribution in [3.8, 4) is 17.2 Å². The molecule has 1 aromatic heterocycles. The summed E-state index contributed by atoms with van der Waals surface area (Å²) in [7, 11) is 1.62. The summed E-state index contributed by atoms with van der Waals surface area (Å²) >= 11 is 0. The zero-order chi connectivity index (χ0) is 18.1. The molecule has 0 radical (unpaired) electrons. The SMILES string of the molecule is COc1cc(CNC[C@H]2CCn3ncc(C(N)=O)c3C2)cc2c1OCO2. The van der Waals surface area contributed by atoms with E-state index < -0.39 is 5.91 Å². The van der Waals surface area contributed by atoms with Crippen LogP contribution < -0.4 is 25.3 Å². The number of aromatic nitrogens is 2. The quantitative estimate of drug-likeness (QED) is 0.801. The predicted molar refractivity (Wildman–Crippen MR) is 93.4 cm³/mol. The zero-order valence-corrected chi connectivity index (χ0v) is 14.7. The van der Waals surface area contributed by atoms with Crippen LogP contribution >= 0.6 is 0 Å². The minimum atomic E-state index is -0.410. The molecule has 0 fully saturated rings. The number of rotatable bonds is 6. The Bertz CT molecular complexity index is 833. The lowest BCUT2D eigenvalue weighted by Gasteiger charge is -2.24. The largest absolute Gasteiger partial charge is 0.493 e. The highest BCUT2D eigenvalue weighted by molar-refractivity contribution is 5.93. The summed E-state index contributed by atoms with van der Waals surface area (Å²) in [5.41, 5.74) is 7.99. The van der Waals surface area contributed by atoms with Crippen LogP contribution in [0, 0.1) is 5.92 Å². The van der Waals surface area contributed by atoms with E-state index in [1.165, 1.54) is 0 Å². The number of nitrogens with zero attached hydrogens (tertiary/aromatic N) is 2. The second kappa shape index (κ2) is 6.87. The molecule has 0 bridgehead atoms. The molecule has 0 saturated carbocycles. The monoisotopic (exact) mass is 358 g/mol. The highest BCUT2D eigenvalue weighted by Crippen LogP contribution is 2.41. The molecule has 3 N–H and O–H groups in total. The van der Waals surface area contributed by atoms with Crippen LogP contribution in [-0.2, 0) is 19.5 Å². The summed E-state index contributed by atoms with van der Waals surface area (Å²) in [6.07, 6.45) is 3.40. The number of primary amides is 1. The van der Waals surface area contributed by atoms with Gasteiger partial charge >= 0.3 is 0 Å². The molecule has 1 aromatic carbocycles. The number of nitrogens with one attached hydrogen (secondary N) is 1. The average molecular weight is 358 g/mol. The van der Waals surface area contributed by atoms with Crippen molar-refractivity contribution in [2.24, 2.45) is 11.7 Å². The molecule has 2 aliphatic heterocycles. The van der Waals surface area contributed by atoms with Gasteiger partial charge in [-0.2, -0.15) is 5.10 Å². The van der Waals surface area contributed by atoms with E-state index in [9.17, 15) is 4.79 Å². The van der Waals surface area contributed by atoms with Gasteiger partial charge in [-0.25, -0.2) is 0 Å². The van der Waals surface area contributed by atoms with Crippen LogP contribution in [0.15, 0.2) is 18.3 Å². The normalized spacial score (nSPS) is 17.8. The number of carbonyl (C=O) groups excluding carboxylic acids is 1. The lowest BCUT2D eigenvalue weighted by atomic mass is 9.94. The average Bonchev–Trinajstić information content (AvgIpc) is 3.27. The van der Waals surface area contributed by atoms with Crippen LogP contribution in [-0.4, -0.2) is 36.1 Å². The van der Waals surface area contributed by atoms with Gasteiger partial charge in [-0.15, -0.1) is 0 Å². The van der Waals surface area contributed by atoms with Crippen LogP contribution in [0.4, 0.5) is 0 Å². The van der Waals surface area contributed by atoms with Gasteiger partial charge in [-0.3, -0.25) is 9.48 Å². The molecule has 0 unspecified atom stereocenters. The number of carbonyl (C=O) groups is 1. The molecule has 0 aliphatic carbocycles. The van der Waals surface area contributed by atoms with Gasteiger partial charge in [0.15, 0.2) is 11.5 Å². The van der Waals surface area contributed by atoms with Gasteiger partial charge in [0, 0.05) is 13.1 Å². The van der Waals surface area contributed by atoms with E-state index in [1.807, 2.05) is 16.8 Å². The van der Waals surface area contributed by atoms with E-state index in [0.717, 1.165) is 37.2 Å². The van der Waals surface area contributed by atoms with Crippen molar-refractivity contribution in [1.29, 1.82) is 0 Å². The molecular formula is C18H22N4O4. The van der Waals surface area contributed by atoms with E-state index in [-0.39, 0.29) is 6.79 Å². The Morgan fingerprint density at radius 2 is 2.35 bits per heavy atom. The van der Waals surface area contributed by atoms with Gasteiger partial charge in [0.2, 0.25) is 12.5 Å². The first-order valence-corrected chi connectivity index (χ1v) is 8.67. The van der Waals surface area contributed by atoms with Crippen LogP contribution in [0.5, 0.6) is 17.2 Å². The maximum absolute atomic E-state index is 11.5. The Balaban J connectivity index is 1.37. The van der Waals surface area contributed by atoms with Gasteiger partial charge in [-0.1, -0.05) is 0 Å². The molecule has 2 aliphatic rings. The Morgan fingerprint density at radius 3 is 3.15 bits per heavy atom. The molecule has 8 heteroatoms. The fraction of sp³-hybridized carbons (Fsp3) is 0.444. The highest BCUT2D eigenvalue weighted by Gasteiger charge is 2.24. The second-order valence-electron chi connectivity index (χ2n) is 6.61. The lowest BCUT2D eigenvalue weighted by molar-refractivity contribution is 0.0998. The third-order valence-corrected chi connectivity index (χ3v) is 4.93. The zero-order valence-electron chi connectivity index (χ0n) is 14.7. The maximum atomic E-state index is 11.5. The van der Waals surface area contributed by atoms with Crippen LogP contribution in [0.1, 0.15) is 28.0 Å². The molecule has 26 heavy (non-hydrogen) atoms. The maximum Gasteiger partial charge on any atom is 0.252 e. The highest BCUT2D eigenvalue weighted by atomic mass is 16.7. The Labute approximate surface area is 151 Å². The van der Waals surface area contributed by atoms with Gasteiger partial charge < -0.3 is 25.3 Å². The van der Waals surface area contributed by atoms with Crippen molar-refractivity contribution in [2.45, 2.75) is 25.9 Å². The number of ether oxygens (including phenoxy) is 3. The van der Waals surface area contributed by atoms with Crippen molar-refractivity contribution in [2.75, 3.05) is 20.4 Å². The Hall–Kier alpha value is -2.74. The molecule has 0 saturated heterocycles. The van der Waals surface area contributed by atoms with Crippen molar-refractivity contribution in [1.82, 2.24) is 15.1 Å². The Morgan fingerprint density at radius 1 is 1.46 bits per heavy atom. The number of benzene rings is 1. The number of fused-ring (bicyclic) bond motifs is 2.